The number of carbonyl (C=O) groups is 1. The number of aromatic nitrogens is 1. The highest BCUT2D eigenvalue weighted by atomic mass is 32.1. The van der Waals surface area contributed by atoms with Gasteiger partial charge >= 0.3 is 6.03 Å². The third kappa shape index (κ3) is 1.84. The molecule has 0 fully saturated rings. The van der Waals surface area contributed by atoms with Gasteiger partial charge in [0.2, 0.25) is 4.80 Å². The summed E-state index contributed by atoms with van der Waals surface area (Å²) in [7, 11) is 1.89. The molecule has 0 atom stereocenters. The fourth-order valence-electron chi connectivity index (χ4n) is 1.29. The number of urea groups is 1. The smallest absolute Gasteiger partial charge is 0.332 e. The van der Waals surface area contributed by atoms with Gasteiger partial charge in [-0.25, -0.2) is 10.2 Å². The number of benzene rings is 1. The number of aryl methyl sites for hydroxylation is 1. The molecular weight excluding hydrogens is 212 g/mol. The Morgan fingerprint density at radius 1 is 1.53 bits per heavy atom. The predicted molar refractivity (Wildman–Crippen MR) is 59.1 cm³/mol. The molecular formula is C9H10N4OS. The number of nitrogens with two attached hydrogens (primary N) is 1. The molecule has 0 aliphatic carbocycles. The van der Waals surface area contributed by atoms with Gasteiger partial charge in [0.15, 0.2) is 0 Å². The van der Waals surface area contributed by atoms with Gasteiger partial charge in [-0.3, -0.25) is 0 Å². The largest absolute Gasteiger partial charge is 0.350 e. The van der Waals surface area contributed by atoms with Gasteiger partial charge in [-0.05, 0) is 12.1 Å². The van der Waals surface area contributed by atoms with Gasteiger partial charge in [0.05, 0.1) is 10.2 Å². The second kappa shape index (κ2) is 3.74. The third-order valence-corrected chi connectivity index (χ3v) is 3.09. The maximum atomic E-state index is 10.5. The van der Waals surface area contributed by atoms with Crippen molar-refractivity contribution < 1.29 is 4.79 Å². The van der Waals surface area contributed by atoms with E-state index in [4.69, 9.17) is 5.73 Å². The SMILES string of the molecule is Cn1/c(=N\NC(N)=O)sc2ccccc21. The fourth-order valence-corrected chi connectivity index (χ4v) is 2.27. The molecule has 78 valence electrons. The summed E-state index contributed by atoms with van der Waals surface area (Å²) in [6.07, 6.45) is 0. The Hall–Kier alpha value is -1.82. The number of fused-ring (bicyclic) bond motifs is 1. The van der Waals surface area contributed by atoms with Crippen LogP contribution in [0.4, 0.5) is 4.79 Å². The number of thiazole rings is 1. The number of rotatable bonds is 1. The molecule has 0 saturated carbocycles. The molecule has 0 unspecified atom stereocenters. The van der Waals surface area contributed by atoms with Crippen LogP contribution < -0.4 is 16.0 Å². The van der Waals surface area contributed by atoms with Crippen LogP contribution in [0, 0.1) is 0 Å². The van der Waals surface area contributed by atoms with Crippen molar-refractivity contribution in [1.29, 1.82) is 0 Å². The van der Waals surface area contributed by atoms with Gasteiger partial charge in [-0.2, -0.15) is 0 Å². The van der Waals surface area contributed by atoms with E-state index in [2.05, 4.69) is 10.5 Å². The maximum absolute atomic E-state index is 10.5. The minimum Gasteiger partial charge on any atom is -0.350 e. The molecule has 15 heavy (non-hydrogen) atoms. The number of nitrogens with zero attached hydrogens (tertiary/aromatic N) is 2. The normalized spacial score (nSPS) is 11.9. The molecule has 2 rings (SSSR count). The van der Waals surface area contributed by atoms with Gasteiger partial charge in [0.1, 0.15) is 0 Å². The summed E-state index contributed by atoms with van der Waals surface area (Å²) in [6, 6.07) is 7.26. The summed E-state index contributed by atoms with van der Waals surface area (Å²) in [5.41, 5.74) is 8.23. The van der Waals surface area contributed by atoms with Crippen LogP contribution >= 0.6 is 11.3 Å². The first kappa shape index (κ1) is 9.72. The number of hydrogen-bond donors (Lipinski definition) is 2. The number of primary amides is 1. The zero-order valence-corrected chi connectivity index (χ0v) is 8.91. The van der Waals surface area contributed by atoms with E-state index in [0.29, 0.717) is 4.80 Å². The molecule has 3 N–H and O–H groups in total. The predicted octanol–water partition coefficient (Wildman–Crippen LogP) is 0.724. The number of carbonyl (C=O) groups excluding carboxylic acids is 1. The standard InChI is InChI=1S/C9H10N4OS/c1-13-6-4-2-3-5-7(6)15-9(13)12-11-8(10)14/h2-5H,1H3,(H3,10,11,14)/b12-9+. The number of para-hydroxylation sites is 1. The van der Waals surface area contributed by atoms with E-state index >= 15 is 0 Å². The molecule has 2 amide bonds. The average Bonchev–Trinajstić information content (AvgIpc) is 2.54. The van der Waals surface area contributed by atoms with Crippen LogP contribution in [0.25, 0.3) is 10.2 Å². The molecule has 0 radical (unpaired) electrons. The van der Waals surface area contributed by atoms with Crippen LogP contribution in [0.5, 0.6) is 0 Å². The lowest BCUT2D eigenvalue weighted by Crippen LogP contribution is -2.27. The molecule has 0 saturated heterocycles. The molecule has 0 aliphatic rings. The van der Waals surface area contributed by atoms with Crippen molar-refractivity contribution in [3.63, 3.8) is 0 Å². The third-order valence-electron chi connectivity index (χ3n) is 1.98. The summed E-state index contributed by atoms with van der Waals surface area (Å²) in [5.74, 6) is 0. The summed E-state index contributed by atoms with van der Waals surface area (Å²) < 4.78 is 3.01. The number of nitrogens with one attached hydrogen (secondary N) is 1. The summed E-state index contributed by atoms with van der Waals surface area (Å²) in [4.78, 5) is 11.2. The van der Waals surface area contributed by atoms with E-state index in [0.717, 1.165) is 10.2 Å². The van der Waals surface area contributed by atoms with E-state index < -0.39 is 6.03 Å². The van der Waals surface area contributed by atoms with Crippen molar-refractivity contribution >= 4 is 27.6 Å². The first-order valence-corrected chi connectivity index (χ1v) is 5.14. The summed E-state index contributed by atoms with van der Waals surface area (Å²) in [6.45, 7) is 0. The Balaban J connectivity index is 2.58. The topological polar surface area (TPSA) is 72.4 Å². The maximum Gasteiger partial charge on any atom is 0.332 e. The lowest BCUT2D eigenvalue weighted by atomic mass is 10.3. The van der Waals surface area contributed by atoms with Crippen LogP contribution in [0.3, 0.4) is 0 Å². The zero-order chi connectivity index (χ0) is 10.8. The molecule has 2 aromatic rings. The van der Waals surface area contributed by atoms with Gasteiger partial charge in [0.25, 0.3) is 0 Å². The first-order valence-electron chi connectivity index (χ1n) is 4.32. The lowest BCUT2D eigenvalue weighted by Gasteiger charge is -1.94. The van der Waals surface area contributed by atoms with Gasteiger partial charge in [0, 0.05) is 7.05 Å². The van der Waals surface area contributed by atoms with Crippen molar-refractivity contribution in [2.45, 2.75) is 0 Å². The highest BCUT2D eigenvalue weighted by Gasteiger charge is 2.00. The Morgan fingerprint density at radius 3 is 2.93 bits per heavy atom. The molecule has 1 aromatic heterocycles. The monoisotopic (exact) mass is 222 g/mol. The molecule has 1 heterocycles. The van der Waals surface area contributed by atoms with Crippen molar-refractivity contribution in [2.24, 2.45) is 17.9 Å². The Bertz CT molecular complexity index is 569. The van der Waals surface area contributed by atoms with E-state index in [-0.39, 0.29) is 0 Å². The van der Waals surface area contributed by atoms with Crippen LogP contribution in [0.15, 0.2) is 29.4 Å². The van der Waals surface area contributed by atoms with Crippen LogP contribution in [0.1, 0.15) is 0 Å². The molecule has 5 nitrogen and oxygen atoms in total. The second-order valence-electron chi connectivity index (χ2n) is 3.00. The van der Waals surface area contributed by atoms with Crippen LogP contribution in [-0.2, 0) is 7.05 Å². The minimum atomic E-state index is -0.660. The van der Waals surface area contributed by atoms with E-state index in [9.17, 15) is 4.79 Å². The van der Waals surface area contributed by atoms with Crippen molar-refractivity contribution in [1.82, 2.24) is 9.99 Å². The Morgan fingerprint density at radius 2 is 2.27 bits per heavy atom. The Labute approximate surface area is 89.8 Å². The van der Waals surface area contributed by atoms with Gasteiger partial charge in [-0.15, -0.1) is 5.10 Å². The zero-order valence-electron chi connectivity index (χ0n) is 8.10. The fraction of sp³-hybridized carbons (Fsp3) is 0.111. The van der Waals surface area contributed by atoms with Crippen LogP contribution in [0.2, 0.25) is 0 Å². The van der Waals surface area contributed by atoms with Crippen LogP contribution in [-0.4, -0.2) is 10.6 Å². The first-order chi connectivity index (χ1) is 7.18. The van der Waals surface area contributed by atoms with Gasteiger partial charge < -0.3 is 10.3 Å². The van der Waals surface area contributed by atoms with E-state index in [1.807, 2.05) is 35.9 Å². The number of amides is 2. The summed E-state index contributed by atoms with van der Waals surface area (Å²) in [5, 5.41) is 3.90. The van der Waals surface area contributed by atoms with Gasteiger partial charge in [-0.1, -0.05) is 23.5 Å². The van der Waals surface area contributed by atoms with E-state index in [1.165, 1.54) is 11.3 Å². The Kier molecular flexibility index (Phi) is 2.42. The van der Waals surface area contributed by atoms with Crippen molar-refractivity contribution in [3.05, 3.63) is 29.1 Å². The minimum absolute atomic E-state index is 0.660. The quantitative estimate of drug-likeness (QED) is 0.686. The highest BCUT2D eigenvalue weighted by Crippen LogP contribution is 2.14. The molecule has 1 aromatic carbocycles. The van der Waals surface area contributed by atoms with Crippen molar-refractivity contribution in [2.75, 3.05) is 0 Å². The average molecular weight is 222 g/mol. The number of hydrogen-bond acceptors (Lipinski definition) is 3. The van der Waals surface area contributed by atoms with Crippen molar-refractivity contribution in [3.8, 4) is 0 Å². The molecule has 0 spiro atoms. The van der Waals surface area contributed by atoms with E-state index in [1.54, 1.807) is 0 Å². The highest BCUT2D eigenvalue weighted by molar-refractivity contribution is 7.16. The molecule has 0 bridgehead atoms. The molecule has 6 heteroatoms. The molecule has 0 aliphatic heterocycles. The summed E-state index contributed by atoms with van der Waals surface area (Å²) >= 11 is 1.49. The lowest BCUT2D eigenvalue weighted by molar-refractivity contribution is 0.249. The second-order valence-corrected chi connectivity index (χ2v) is 4.01.